The molecular formula is C19H16BrN3O. The third kappa shape index (κ3) is 4.43. The van der Waals surface area contributed by atoms with Gasteiger partial charge in [-0.1, -0.05) is 58.4 Å². The van der Waals surface area contributed by atoms with Gasteiger partial charge < -0.3 is 5.32 Å². The molecule has 3 aromatic carbocycles. The minimum atomic E-state index is -0.198. The first-order valence-electron chi connectivity index (χ1n) is 7.51. The number of anilines is 1. The van der Waals surface area contributed by atoms with E-state index in [0.29, 0.717) is 0 Å². The molecule has 2 N–H and O–H groups in total. The van der Waals surface area contributed by atoms with E-state index in [1.165, 1.54) is 5.39 Å². The molecule has 4 nitrogen and oxygen atoms in total. The number of fused-ring (bicyclic) bond motifs is 1. The zero-order valence-electron chi connectivity index (χ0n) is 12.9. The predicted octanol–water partition coefficient (Wildman–Crippen LogP) is 4.16. The van der Waals surface area contributed by atoms with E-state index in [2.05, 4.69) is 37.8 Å². The maximum Gasteiger partial charge on any atom is 0.259 e. The maximum atomic E-state index is 11.8. The number of amides is 1. The number of nitrogens with zero attached hydrogens (tertiary/aromatic N) is 1. The quantitative estimate of drug-likeness (QED) is 0.514. The lowest BCUT2D eigenvalue weighted by molar-refractivity contribution is -0.119. The minimum absolute atomic E-state index is 0.163. The third-order valence-corrected chi connectivity index (χ3v) is 4.00. The number of hydrazone groups is 1. The lowest BCUT2D eigenvalue weighted by atomic mass is 10.1. The van der Waals surface area contributed by atoms with Gasteiger partial charge in [0.15, 0.2) is 0 Å². The molecule has 0 atom stereocenters. The lowest BCUT2D eigenvalue weighted by Crippen LogP contribution is -2.25. The fraction of sp³-hybridized carbons (Fsp3) is 0.0526. The molecule has 1 amide bonds. The number of benzene rings is 3. The molecule has 0 radical (unpaired) electrons. The Balaban J connectivity index is 1.52. The molecule has 120 valence electrons. The molecule has 0 heterocycles. The molecule has 0 saturated carbocycles. The first kappa shape index (κ1) is 16.2. The highest BCUT2D eigenvalue weighted by Crippen LogP contribution is 2.18. The van der Waals surface area contributed by atoms with Crippen LogP contribution in [0.4, 0.5) is 5.69 Å². The van der Waals surface area contributed by atoms with Gasteiger partial charge in [0, 0.05) is 10.2 Å². The van der Waals surface area contributed by atoms with Crippen LogP contribution in [0.15, 0.2) is 76.3 Å². The molecule has 0 unspecified atom stereocenters. The first-order valence-corrected chi connectivity index (χ1v) is 8.30. The van der Waals surface area contributed by atoms with Crippen LogP contribution in [-0.2, 0) is 4.79 Å². The number of hydrogen-bond acceptors (Lipinski definition) is 3. The van der Waals surface area contributed by atoms with Gasteiger partial charge in [0.1, 0.15) is 0 Å². The van der Waals surface area contributed by atoms with Crippen molar-refractivity contribution in [1.82, 2.24) is 5.43 Å². The van der Waals surface area contributed by atoms with Crippen LogP contribution in [0.5, 0.6) is 0 Å². The van der Waals surface area contributed by atoms with Crippen LogP contribution in [0.25, 0.3) is 10.8 Å². The van der Waals surface area contributed by atoms with Crippen molar-refractivity contribution in [3.63, 3.8) is 0 Å². The Kier molecular flexibility index (Phi) is 5.23. The molecule has 5 heteroatoms. The maximum absolute atomic E-state index is 11.8. The van der Waals surface area contributed by atoms with Crippen LogP contribution in [0.3, 0.4) is 0 Å². The van der Waals surface area contributed by atoms with E-state index in [1.54, 1.807) is 6.21 Å². The molecular weight excluding hydrogens is 366 g/mol. The standard InChI is InChI=1S/C19H16BrN3O/c20-17-8-5-14(6-9-17)12-22-23-19(24)13-21-18-10-7-15-3-1-2-4-16(15)11-18/h1-12,21H,13H2,(H,23,24)/b22-12+. The predicted molar refractivity (Wildman–Crippen MR) is 102 cm³/mol. The Labute approximate surface area is 148 Å². The molecule has 0 bridgehead atoms. The number of rotatable bonds is 5. The van der Waals surface area contributed by atoms with Crippen LogP contribution in [0.2, 0.25) is 0 Å². The summed E-state index contributed by atoms with van der Waals surface area (Å²) in [4.78, 5) is 11.8. The highest BCUT2D eigenvalue weighted by Gasteiger charge is 2.00. The van der Waals surface area contributed by atoms with Crippen LogP contribution in [-0.4, -0.2) is 18.7 Å². The monoisotopic (exact) mass is 381 g/mol. The Morgan fingerprint density at radius 3 is 2.54 bits per heavy atom. The van der Waals surface area contributed by atoms with Gasteiger partial charge in [-0.25, -0.2) is 5.43 Å². The zero-order chi connectivity index (χ0) is 16.8. The average molecular weight is 382 g/mol. The van der Waals surface area contributed by atoms with Crippen LogP contribution < -0.4 is 10.7 Å². The van der Waals surface area contributed by atoms with E-state index in [-0.39, 0.29) is 12.5 Å². The van der Waals surface area contributed by atoms with E-state index in [0.717, 1.165) is 21.1 Å². The number of carbonyl (C=O) groups excluding carboxylic acids is 1. The Bertz CT molecular complexity index is 875. The third-order valence-electron chi connectivity index (χ3n) is 3.48. The fourth-order valence-electron chi connectivity index (χ4n) is 2.25. The van der Waals surface area contributed by atoms with Crippen molar-refractivity contribution in [2.45, 2.75) is 0 Å². The summed E-state index contributed by atoms with van der Waals surface area (Å²) in [5, 5.41) is 9.36. The van der Waals surface area contributed by atoms with Crippen LogP contribution >= 0.6 is 15.9 Å². The second kappa shape index (κ2) is 7.75. The molecule has 24 heavy (non-hydrogen) atoms. The van der Waals surface area contributed by atoms with Crippen molar-refractivity contribution < 1.29 is 4.79 Å². The van der Waals surface area contributed by atoms with Crippen molar-refractivity contribution in [1.29, 1.82) is 0 Å². The van der Waals surface area contributed by atoms with Crippen molar-refractivity contribution in [3.05, 3.63) is 76.8 Å². The summed E-state index contributed by atoms with van der Waals surface area (Å²) < 4.78 is 1.00. The SMILES string of the molecule is O=C(CNc1ccc2ccccc2c1)N/N=C/c1ccc(Br)cc1. The summed E-state index contributed by atoms with van der Waals surface area (Å²) in [5.74, 6) is -0.198. The molecule has 3 rings (SSSR count). The Morgan fingerprint density at radius 1 is 1.00 bits per heavy atom. The highest BCUT2D eigenvalue weighted by molar-refractivity contribution is 9.10. The van der Waals surface area contributed by atoms with Gasteiger partial charge in [-0.15, -0.1) is 0 Å². The Morgan fingerprint density at radius 2 is 1.75 bits per heavy atom. The molecule has 0 aliphatic heterocycles. The molecule has 0 fully saturated rings. The van der Waals surface area contributed by atoms with Crippen LogP contribution in [0.1, 0.15) is 5.56 Å². The van der Waals surface area contributed by atoms with Gasteiger partial charge in [0.05, 0.1) is 12.8 Å². The fourth-order valence-corrected chi connectivity index (χ4v) is 2.51. The summed E-state index contributed by atoms with van der Waals surface area (Å²) in [7, 11) is 0. The summed E-state index contributed by atoms with van der Waals surface area (Å²) >= 11 is 3.37. The number of carbonyl (C=O) groups is 1. The van der Waals surface area contributed by atoms with Crippen molar-refractivity contribution in [3.8, 4) is 0 Å². The van der Waals surface area contributed by atoms with Gasteiger partial charge in [0.25, 0.3) is 5.91 Å². The van der Waals surface area contributed by atoms with E-state index < -0.39 is 0 Å². The number of nitrogens with one attached hydrogen (secondary N) is 2. The average Bonchev–Trinajstić information content (AvgIpc) is 2.61. The van der Waals surface area contributed by atoms with Gasteiger partial charge in [-0.2, -0.15) is 5.10 Å². The summed E-state index contributed by atoms with van der Waals surface area (Å²) in [6.45, 7) is 0.163. The van der Waals surface area contributed by atoms with Gasteiger partial charge in [-0.05, 0) is 40.6 Å². The van der Waals surface area contributed by atoms with Gasteiger partial charge in [0.2, 0.25) is 0 Å². The highest BCUT2D eigenvalue weighted by atomic mass is 79.9. The van der Waals surface area contributed by atoms with Crippen LogP contribution in [0, 0.1) is 0 Å². The van der Waals surface area contributed by atoms with E-state index >= 15 is 0 Å². The molecule has 3 aromatic rings. The Hall–Kier alpha value is -2.66. The smallest absolute Gasteiger partial charge is 0.259 e. The van der Waals surface area contributed by atoms with E-state index in [4.69, 9.17) is 0 Å². The summed E-state index contributed by atoms with van der Waals surface area (Å²) in [6.07, 6.45) is 1.61. The number of halogens is 1. The lowest BCUT2D eigenvalue weighted by Gasteiger charge is -2.06. The molecule has 0 saturated heterocycles. The van der Waals surface area contributed by atoms with Gasteiger partial charge in [-0.3, -0.25) is 4.79 Å². The molecule has 0 aliphatic carbocycles. The summed E-state index contributed by atoms with van der Waals surface area (Å²) in [6, 6.07) is 21.8. The molecule has 0 aromatic heterocycles. The number of hydrogen-bond donors (Lipinski definition) is 2. The van der Waals surface area contributed by atoms with Crippen molar-refractivity contribution in [2.75, 3.05) is 11.9 Å². The largest absolute Gasteiger partial charge is 0.376 e. The molecule has 0 spiro atoms. The normalized spacial score (nSPS) is 10.9. The summed E-state index contributed by atoms with van der Waals surface area (Å²) in [5.41, 5.74) is 4.33. The topological polar surface area (TPSA) is 53.5 Å². The first-order chi connectivity index (χ1) is 11.7. The second-order valence-electron chi connectivity index (χ2n) is 5.26. The van der Waals surface area contributed by atoms with Gasteiger partial charge >= 0.3 is 0 Å². The zero-order valence-corrected chi connectivity index (χ0v) is 14.5. The second-order valence-corrected chi connectivity index (χ2v) is 6.18. The van der Waals surface area contributed by atoms with Crippen molar-refractivity contribution in [2.24, 2.45) is 5.10 Å². The van der Waals surface area contributed by atoms with E-state index in [1.807, 2.05) is 60.7 Å². The van der Waals surface area contributed by atoms with E-state index in [9.17, 15) is 4.79 Å². The van der Waals surface area contributed by atoms with Crippen molar-refractivity contribution >= 4 is 44.5 Å². The minimum Gasteiger partial charge on any atom is -0.376 e. The molecule has 0 aliphatic rings.